The second kappa shape index (κ2) is 8.37. The lowest BCUT2D eigenvalue weighted by Crippen LogP contribution is -2.52. The van der Waals surface area contributed by atoms with Gasteiger partial charge in [-0.15, -0.1) is 0 Å². The van der Waals surface area contributed by atoms with Gasteiger partial charge >= 0.3 is 0 Å². The molecule has 2 aliphatic heterocycles. The van der Waals surface area contributed by atoms with Crippen LogP contribution in [0.25, 0.3) is 0 Å². The number of carbonyl (C=O) groups excluding carboxylic acids is 2. The molecule has 3 aliphatic rings. The van der Waals surface area contributed by atoms with Crippen LogP contribution in [0.3, 0.4) is 0 Å². The van der Waals surface area contributed by atoms with Gasteiger partial charge in [0, 0.05) is 49.9 Å². The normalized spacial score (nSPS) is 22.2. The van der Waals surface area contributed by atoms with Crippen molar-refractivity contribution in [2.45, 2.75) is 62.5 Å². The summed E-state index contributed by atoms with van der Waals surface area (Å²) in [6.45, 7) is 1.35. The number of amides is 2. The number of carbonyl (C=O) groups is 2. The molecule has 1 saturated carbocycles. The SMILES string of the molecule is O=C(C[C@@H]1CC2(CCN(C(=O)c3ccccc3)CC2)Oc2ccccc21)NC1CCC1. The van der Waals surface area contributed by atoms with E-state index in [0.29, 0.717) is 25.6 Å². The quantitative estimate of drug-likeness (QED) is 0.806. The maximum Gasteiger partial charge on any atom is 0.253 e. The van der Waals surface area contributed by atoms with Gasteiger partial charge in [0.2, 0.25) is 5.91 Å². The molecule has 5 nitrogen and oxygen atoms in total. The molecule has 0 radical (unpaired) electrons. The maximum absolute atomic E-state index is 12.8. The molecule has 5 rings (SSSR count). The van der Waals surface area contributed by atoms with Crippen molar-refractivity contribution in [2.24, 2.45) is 0 Å². The zero-order valence-electron chi connectivity index (χ0n) is 17.9. The molecule has 5 heteroatoms. The maximum atomic E-state index is 12.8. The Morgan fingerprint density at radius 3 is 2.42 bits per heavy atom. The van der Waals surface area contributed by atoms with E-state index >= 15 is 0 Å². The Morgan fingerprint density at radius 1 is 1.00 bits per heavy atom. The van der Waals surface area contributed by atoms with Gasteiger partial charge in [-0.05, 0) is 49.4 Å². The van der Waals surface area contributed by atoms with Crippen LogP contribution in [0.2, 0.25) is 0 Å². The topological polar surface area (TPSA) is 58.6 Å². The zero-order valence-corrected chi connectivity index (χ0v) is 17.9. The van der Waals surface area contributed by atoms with Crippen molar-refractivity contribution in [1.82, 2.24) is 10.2 Å². The monoisotopic (exact) mass is 418 g/mol. The molecular weight excluding hydrogens is 388 g/mol. The number of hydrogen-bond donors (Lipinski definition) is 1. The third-order valence-electron chi connectivity index (χ3n) is 7.19. The molecule has 2 fully saturated rings. The van der Waals surface area contributed by atoms with E-state index in [2.05, 4.69) is 11.4 Å². The molecule has 162 valence electrons. The van der Waals surface area contributed by atoms with E-state index in [0.717, 1.165) is 49.0 Å². The first-order valence-electron chi connectivity index (χ1n) is 11.5. The van der Waals surface area contributed by atoms with Crippen molar-refractivity contribution in [3.05, 3.63) is 65.7 Å². The number of piperidine rings is 1. The fourth-order valence-corrected chi connectivity index (χ4v) is 5.18. The highest BCUT2D eigenvalue weighted by Crippen LogP contribution is 2.46. The smallest absolute Gasteiger partial charge is 0.253 e. The summed E-state index contributed by atoms with van der Waals surface area (Å²) < 4.78 is 6.55. The number of fused-ring (bicyclic) bond motifs is 1. The molecule has 2 aromatic rings. The number of rotatable bonds is 4. The van der Waals surface area contributed by atoms with Gasteiger partial charge in [-0.3, -0.25) is 9.59 Å². The Labute approximate surface area is 183 Å². The lowest BCUT2D eigenvalue weighted by atomic mass is 9.76. The van der Waals surface area contributed by atoms with E-state index < -0.39 is 0 Å². The fourth-order valence-electron chi connectivity index (χ4n) is 5.18. The zero-order chi connectivity index (χ0) is 21.3. The first-order chi connectivity index (χ1) is 15.1. The van der Waals surface area contributed by atoms with Crippen LogP contribution in [-0.2, 0) is 4.79 Å². The third-order valence-corrected chi connectivity index (χ3v) is 7.19. The van der Waals surface area contributed by atoms with Crippen LogP contribution in [0.5, 0.6) is 5.75 Å². The summed E-state index contributed by atoms with van der Waals surface area (Å²) in [4.78, 5) is 27.5. The molecule has 31 heavy (non-hydrogen) atoms. The third kappa shape index (κ3) is 4.18. The Morgan fingerprint density at radius 2 is 1.71 bits per heavy atom. The highest BCUT2D eigenvalue weighted by atomic mass is 16.5. The van der Waals surface area contributed by atoms with Gasteiger partial charge < -0.3 is 15.0 Å². The molecule has 1 aliphatic carbocycles. The van der Waals surface area contributed by atoms with Gasteiger partial charge in [-0.1, -0.05) is 36.4 Å². The summed E-state index contributed by atoms with van der Waals surface area (Å²) in [6.07, 6.45) is 6.34. The fraction of sp³-hybridized carbons (Fsp3) is 0.462. The highest BCUT2D eigenvalue weighted by Gasteiger charge is 2.44. The number of nitrogens with one attached hydrogen (secondary N) is 1. The molecule has 1 spiro atoms. The molecule has 2 heterocycles. The number of nitrogens with zero attached hydrogens (tertiary/aromatic N) is 1. The van der Waals surface area contributed by atoms with Gasteiger partial charge in [0.1, 0.15) is 11.4 Å². The summed E-state index contributed by atoms with van der Waals surface area (Å²) in [5, 5.41) is 3.19. The van der Waals surface area contributed by atoms with Crippen LogP contribution in [-0.4, -0.2) is 41.4 Å². The van der Waals surface area contributed by atoms with Crippen LogP contribution in [0.15, 0.2) is 54.6 Å². The number of benzene rings is 2. The van der Waals surface area contributed by atoms with E-state index in [4.69, 9.17) is 4.74 Å². The summed E-state index contributed by atoms with van der Waals surface area (Å²) >= 11 is 0. The molecule has 1 atom stereocenters. The molecule has 1 saturated heterocycles. The standard InChI is InChI=1S/C26H30N2O3/c29-24(27-21-9-6-10-21)17-20-18-26(31-23-12-5-4-11-22(20)23)13-15-28(16-14-26)25(30)19-7-2-1-3-8-19/h1-5,7-8,11-12,20-21H,6,9-10,13-18H2,(H,27,29)/t20-/m1/s1. The Bertz CT molecular complexity index is 946. The average molecular weight is 419 g/mol. The number of para-hydroxylation sites is 1. The van der Waals surface area contributed by atoms with Gasteiger partial charge in [0.05, 0.1) is 0 Å². The molecule has 2 amide bonds. The second-order valence-corrected chi connectivity index (χ2v) is 9.28. The van der Waals surface area contributed by atoms with Crippen LogP contribution in [0.4, 0.5) is 0 Å². The average Bonchev–Trinajstić information content (AvgIpc) is 2.77. The summed E-state index contributed by atoms with van der Waals surface area (Å²) in [7, 11) is 0. The minimum absolute atomic E-state index is 0.0862. The van der Waals surface area contributed by atoms with E-state index in [-0.39, 0.29) is 23.3 Å². The first kappa shape index (κ1) is 20.1. The van der Waals surface area contributed by atoms with Crippen LogP contribution in [0, 0.1) is 0 Å². The van der Waals surface area contributed by atoms with Gasteiger partial charge in [0.15, 0.2) is 0 Å². The van der Waals surface area contributed by atoms with Crippen LogP contribution in [0.1, 0.15) is 66.8 Å². The molecule has 0 unspecified atom stereocenters. The summed E-state index contributed by atoms with van der Waals surface area (Å²) in [6, 6.07) is 18.0. The number of likely N-dealkylation sites (tertiary alicyclic amines) is 1. The van der Waals surface area contributed by atoms with Crippen molar-refractivity contribution in [3.8, 4) is 5.75 Å². The lowest BCUT2D eigenvalue weighted by molar-refractivity contribution is -0.123. The van der Waals surface area contributed by atoms with Gasteiger partial charge in [-0.25, -0.2) is 0 Å². The number of hydrogen-bond acceptors (Lipinski definition) is 3. The lowest BCUT2D eigenvalue weighted by Gasteiger charge is -2.47. The molecule has 0 aromatic heterocycles. The molecular formula is C26H30N2O3. The van der Waals surface area contributed by atoms with Crippen LogP contribution < -0.4 is 10.1 Å². The largest absolute Gasteiger partial charge is 0.487 e. The number of ether oxygens (including phenoxy) is 1. The Hall–Kier alpha value is -2.82. The van der Waals surface area contributed by atoms with Crippen molar-refractivity contribution >= 4 is 11.8 Å². The first-order valence-corrected chi connectivity index (χ1v) is 11.5. The van der Waals surface area contributed by atoms with Gasteiger partial charge in [0.25, 0.3) is 5.91 Å². The predicted molar refractivity (Wildman–Crippen MR) is 119 cm³/mol. The van der Waals surface area contributed by atoms with Crippen molar-refractivity contribution in [3.63, 3.8) is 0 Å². The molecule has 0 bridgehead atoms. The second-order valence-electron chi connectivity index (χ2n) is 9.28. The Balaban J connectivity index is 1.29. The minimum Gasteiger partial charge on any atom is -0.487 e. The van der Waals surface area contributed by atoms with Crippen molar-refractivity contribution in [1.29, 1.82) is 0 Å². The highest BCUT2D eigenvalue weighted by molar-refractivity contribution is 5.94. The molecule has 2 aromatic carbocycles. The Kier molecular flexibility index (Phi) is 5.43. The minimum atomic E-state index is -0.302. The van der Waals surface area contributed by atoms with Crippen molar-refractivity contribution < 1.29 is 14.3 Å². The predicted octanol–water partition coefficient (Wildman–Crippen LogP) is 4.29. The molecule has 1 N–H and O–H groups in total. The van der Waals surface area contributed by atoms with E-state index in [1.165, 1.54) is 6.42 Å². The van der Waals surface area contributed by atoms with E-state index in [1.54, 1.807) is 0 Å². The van der Waals surface area contributed by atoms with Crippen LogP contribution >= 0.6 is 0 Å². The van der Waals surface area contributed by atoms with Crippen molar-refractivity contribution in [2.75, 3.05) is 13.1 Å². The summed E-state index contributed by atoms with van der Waals surface area (Å²) in [5.41, 5.74) is 1.57. The van der Waals surface area contributed by atoms with E-state index in [1.807, 2.05) is 53.4 Å². The van der Waals surface area contributed by atoms with E-state index in [9.17, 15) is 9.59 Å². The summed E-state index contributed by atoms with van der Waals surface area (Å²) in [5.74, 6) is 1.29. The van der Waals surface area contributed by atoms with Gasteiger partial charge in [-0.2, -0.15) is 0 Å².